The van der Waals surface area contributed by atoms with Gasteiger partial charge in [-0.2, -0.15) is 5.10 Å². The van der Waals surface area contributed by atoms with Crippen molar-refractivity contribution < 1.29 is 0 Å². The fourth-order valence-electron chi connectivity index (χ4n) is 2.08. The molecule has 0 radical (unpaired) electrons. The van der Waals surface area contributed by atoms with Crippen molar-refractivity contribution in [1.82, 2.24) is 30.1 Å². The third kappa shape index (κ3) is 2.42. The molecule has 0 saturated carbocycles. The van der Waals surface area contributed by atoms with Crippen LogP contribution < -0.4 is 4.90 Å². The minimum Gasteiger partial charge on any atom is -0.303 e. The van der Waals surface area contributed by atoms with Crippen molar-refractivity contribution >= 4 is 29.5 Å². The number of nitrogens with zero attached hydrogens (tertiary/aromatic N) is 7. The number of anilines is 2. The lowest BCUT2D eigenvalue weighted by molar-refractivity contribution is 0.915. The number of fused-ring (bicyclic) bond motifs is 1. The van der Waals surface area contributed by atoms with Crippen molar-refractivity contribution in [2.24, 2.45) is 4.99 Å². The van der Waals surface area contributed by atoms with Crippen molar-refractivity contribution in [3.63, 3.8) is 0 Å². The first-order valence-electron chi connectivity index (χ1n) is 6.48. The van der Waals surface area contributed by atoms with Crippen LogP contribution in [0.3, 0.4) is 0 Å². The van der Waals surface area contributed by atoms with Crippen molar-refractivity contribution in [3.8, 4) is 0 Å². The molecule has 22 heavy (non-hydrogen) atoms. The second-order valence-corrected chi connectivity index (χ2v) is 5.40. The van der Waals surface area contributed by atoms with E-state index in [1.807, 2.05) is 17.0 Å². The second kappa shape index (κ2) is 5.53. The number of hydrogen-bond acceptors (Lipinski definition) is 8. The van der Waals surface area contributed by atoms with Crippen LogP contribution in [0.5, 0.6) is 0 Å². The van der Waals surface area contributed by atoms with E-state index in [4.69, 9.17) is 0 Å². The molecule has 0 bridgehead atoms. The summed E-state index contributed by atoms with van der Waals surface area (Å²) in [5, 5.41) is 8.15. The molecule has 1 aliphatic heterocycles. The van der Waals surface area contributed by atoms with E-state index in [1.165, 1.54) is 18.1 Å². The van der Waals surface area contributed by atoms with Gasteiger partial charge in [-0.1, -0.05) is 0 Å². The van der Waals surface area contributed by atoms with Gasteiger partial charge in [0.15, 0.2) is 11.0 Å². The lowest BCUT2D eigenvalue weighted by Gasteiger charge is -2.25. The number of aromatic nitrogens is 6. The summed E-state index contributed by atoms with van der Waals surface area (Å²) in [6.07, 6.45) is 8.26. The van der Waals surface area contributed by atoms with Crippen molar-refractivity contribution in [2.45, 2.75) is 10.2 Å². The number of hydrogen-bond donors (Lipinski definition) is 1. The zero-order valence-corrected chi connectivity index (χ0v) is 12.1. The first-order chi connectivity index (χ1) is 10.9. The van der Waals surface area contributed by atoms with Crippen molar-refractivity contribution in [1.29, 1.82) is 0 Å². The predicted molar refractivity (Wildman–Crippen MR) is 81.4 cm³/mol. The van der Waals surface area contributed by atoms with E-state index < -0.39 is 0 Å². The van der Waals surface area contributed by atoms with Gasteiger partial charge in [0.05, 0.1) is 18.1 Å². The maximum atomic E-state index is 4.60. The monoisotopic (exact) mass is 310 g/mol. The summed E-state index contributed by atoms with van der Waals surface area (Å²) >= 11 is 1.42. The Morgan fingerprint density at radius 3 is 3.00 bits per heavy atom. The fourth-order valence-corrected chi connectivity index (χ4v) is 2.76. The fraction of sp³-hybridized carbons (Fsp3) is 0.0769. The van der Waals surface area contributed by atoms with E-state index in [9.17, 15) is 0 Å². The normalized spacial score (nSPS) is 13.2. The van der Waals surface area contributed by atoms with Crippen molar-refractivity contribution in [2.75, 3.05) is 11.6 Å². The number of pyridine rings is 1. The molecule has 0 amide bonds. The molecule has 0 atom stereocenters. The molecule has 0 aliphatic carbocycles. The molecule has 108 valence electrons. The Morgan fingerprint density at radius 2 is 2.18 bits per heavy atom. The van der Waals surface area contributed by atoms with Crippen LogP contribution in [-0.4, -0.2) is 43.0 Å². The largest absolute Gasteiger partial charge is 0.303 e. The van der Waals surface area contributed by atoms with Crippen LogP contribution in [-0.2, 0) is 0 Å². The van der Waals surface area contributed by atoms with Gasteiger partial charge >= 0.3 is 0 Å². The van der Waals surface area contributed by atoms with Gasteiger partial charge in [0.1, 0.15) is 23.7 Å². The molecule has 4 heterocycles. The quantitative estimate of drug-likeness (QED) is 0.786. The van der Waals surface area contributed by atoms with E-state index in [1.54, 1.807) is 24.8 Å². The maximum absolute atomic E-state index is 4.60. The minimum absolute atomic E-state index is 0.502. The van der Waals surface area contributed by atoms with Gasteiger partial charge in [-0.25, -0.2) is 15.0 Å². The number of aliphatic imine (C=N–C) groups is 1. The summed E-state index contributed by atoms with van der Waals surface area (Å²) in [4.78, 5) is 23.4. The SMILES string of the molecule is C1=NCN(c2cnccn2)c2ccc(Sc3ncn[nH]3)nc21. The summed E-state index contributed by atoms with van der Waals surface area (Å²) in [6.45, 7) is 0.502. The Bertz CT molecular complexity index is 802. The first-order valence-corrected chi connectivity index (χ1v) is 7.29. The Morgan fingerprint density at radius 1 is 1.18 bits per heavy atom. The smallest absolute Gasteiger partial charge is 0.189 e. The summed E-state index contributed by atoms with van der Waals surface area (Å²) in [5.41, 5.74) is 1.75. The average molecular weight is 310 g/mol. The molecule has 1 aliphatic rings. The van der Waals surface area contributed by atoms with E-state index in [0.29, 0.717) is 11.8 Å². The lowest BCUT2D eigenvalue weighted by Crippen LogP contribution is -2.23. The summed E-state index contributed by atoms with van der Waals surface area (Å²) in [6, 6.07) is 3.94. The third-order valence-corrected chi connectivity index (χ3v) is 3.85. The number of H-pyrrole nitrogens is 1. The number of nitrogens with one attached hydrogen (secondary N) is 1. The van der Waals surface area contributed by atoms with Crippen LogP contribution in [0.1, 0.15) is 5.69 Å². The van der Waals surface area contributed by atoms with Crippen LogP contribution in [0, 0.1) is 0 Å². The number of rotatable bonds is 3. The van der Waals surface area contributed by atoms with Gasteiger partial charge in [0, 0.05) is 12.4 Å². The molecular weight excluding hydrogens is 300 g/mol. The van der Waals surface area contributed by atoms with Gasteiger partial charge in [-0.05, 0) is 23.9 Å². The maximum Gasteiger partial charge on any atom is 0.189 e. The predicted octanol–water partition coefficient (Wildman–Crippen LogP) is 1.67. The highest BCUT2D eigenvalue weighted by molar-refractivity contribution is 7.99. The summed E-state index contributed by atoms with van der Waals surface area (Å²) < 4.78 is 0. The molecule has 0 aromatic carbocycles. The van der Waals surface area contributed by atoms with Crippen LogP contribution in [0.25, 0.3) is 0 Å². The molecule has 0 unspecified atom stereocenters. The highest BCUT2D eigenvalue weighted by Crippen LogP contribution is 2.30. The molecule has 8 nitrogen and oxygen atoms in total. The molecular formula is C13H10N8S. The number of aromatic amines is 1. The van der Waals surface area contributed by atoms with Crippen molar-refractivity contribution in [3.05, 3.63) is 42.7 Å². The molecule has 1 N–H and O–H groups in total. The Labute approximate surface area is 129 Å². The Kier molecular flexibility index (Phi) is 3.24. The molecule has 0 fully saturated rings. The molecule has 0 spiro atoms. The standard InChI is InChI=1S/C13H10N8S/c1-2-12(22-13-17-7-18-20-13)19-9-5-15-8-21(10(1)9)11-6-14-3-4-16-11/h1-7H,8H2,(H,17,18,20). The van der Waals surface area contributed by atoms with E-state index >= 15 is 0 Å². The molecule has 3 aromatic heterocycles. The third-order valence-electron chi connectivity index (χ3n) is 3.02. The second-order valence-electron chi connectivity index (χ2n) is 4.39. The Hall–Kier alpha value is -2.81. The van der Waals surface area contributed by atoms with Crippen LogP contribution in [0.4, 0.5) is 11.5 Å². The minimum atomic E-state index is 0.502. The summed E-state index contributed by atoms with van der Waals surface area (Å²) in [7, 11) is 0. The van der Waals surface area contributed by atoms with Gasteiger partial charge in [0.2, 0.25) is 0 Å². The zero-order chi connectivity index (χ0) is 14.8. The molecule has 3 aromatic rings. The molecule has 9 heteroatoms. The van der Waals surface area contributed by atoms with Crippen LogP contribution >= 0.6 is 11.8 Å². The van der Waals surface area contributed by atoms with Gasteiger partial charge in [-0.15, -0.1) is 0 Å². The van der Waals surface area contributed by atoms with E-state index in [-0.39, 0.29) is 0 Å². The molecule has 0 saturated heterocycles. The van der Waals surface area contributed by atoms with E-state index in [0.717, 1.165) is 22.2 Å². The van der Waals surface area contributed by atoms with E-state index in [2.05, 4.69) is 35.1 Å². The van der Waals surface area contributed by atoms with Gasteiger partial charge in [-0.3, -0.25) is 15.1 Å². The highest BCUT2D eigenvalue weighted by atomic mass is 32.2. The van der Waals surface area contributed by atoms with Crippen LogP contribution in [0.2, 0.25) is 0 Å². The summed E-state index contributed by atoms with van der Waals surface area (Å²) in [5.74, 6) is 0.748. The topological polar surface area (TPSA) is 95.8 Å². The molecule has 4 rings (SSSR count). The zero-order valence-electron chi connectivity index (χ0n) is 11.3. The highest BCUT2D eigenvalue weighted by Gasteiger charge is 2.18. The lowest BCUT2D eigenvalue weighted by atomic mass is 10.2. The Balaban J connectivity index is 1.67. The first kappa shape index (κ1) is 12.9. The van der Waals surface area contributed by atoms with Gasteiger partial charge < -0.3 is 4.90 Å². The van der Waals surface area contributed by atoms with Gasteiger partial charge in [0.25, 0.3) is 0 Å². The van der Waals surface area contributed by atoms with Crippen LogP contribution in [0.15, 0.2) is 52.2 Å². The average Bonchev–Trinajstić information content (AvgIpc) is 3.08.